The maximum absolute atomic E-state index is 3.56. The predicted molar refractivity (Wildman–Crippen MR) is 74.4 cm³/mol. The first-order valence-electron chi connectivity index (χ1n) is 6.20. The summed E-state index contributed by atoms with van der Waals surface area (Å²) in [4.78, 5) is 3.45. The normalized spacial score (nSPS) is 12.3. The number of aromatic amines is 1. The number of hydrogen-bond donors (Lipinski definition) is 2. The molecular formula is C15H22N2. The standard InChI is InChI=1S/C15H22N2/c1-10-6-7-14-12(8-10)13(11(2)17-14)9-16-15(3,4)5/h6-8,16-17H,9H2,1-5H3. The van der Waals surface area contributed by atoms with Gasteiger partial charge >= 0.3 is 0 Å². The van der Waals surface area contributed by atoms with Crippen molar-refractivity contribution in [2.24, 2.45) is 0 Å². The van der Waals surface area contributed by atoms with E-state index in [0.29, 0.717) is 0 Å². The summed E-state index contributed by atoms with van der Waals surface area (Å²) in [5.41, 5.74) is 5.35. The lowest BCUT2D eigenvalue weighted by Gasteiger charge is -2.20. The fourth-order valence-electron chi connectivity index (χ4n) is 2.08. The van der Waals surface area contributed by atoms with Gasteiger partial charge < -0.3 is 10.3 Å². The summed E-state index contributed by atoms with van der Waals surface area (Å²) < 4.78 is 0. The van der Waals surface area contributed by atoms with Crippen LogP contribution < -0.4 is 5.32 Å². The van der Waals surface area contributed by atoms with Gasteiger partial charge in [0.05, 0.1) is 0 Å². The van der Waals surface area contributed by atoms with E-state index in [-0.39, 0.29) is 5.54 Å². The van der Waals surface area contributed by atoms with Gasteiger partial charge in [-0.15, -0.1) is 0 Å². The summed E-state index contributed by atoms with van der Waals surface area (Å²) in [6.45, 7) is 11.8. The summed E-state index contributed by atoms with van der Waals surface area (Å²) in [6, 6.07) is 6.58. The number of rotatable bonds is 2. The molecule has 2 heteroatoms. The fraction of sp³-hybridized carbons (Fsp3) is 0.467. The van der Waals surface area contributed by atoms with Crippen LogP contribution in [0.2, 0.25) is 0 Å². The van der Waals surface area contributed by atoms with Crippen molar-refractivity contribution in [3.05, 3.63) is 35.0 Å². The highest BCUT2D eigenvalue weighted by Crippen LogP contribution is 2.23. The van der Waals surface area contributed by atoms with Gasteiger partial charge in [0.1, 0.15) is 0 Å². The predicted octanol–water partition coefficient (Wildman–Crippen LogP) is 3.67. The summed E-state index contributed by atoms with van der Waals surface area (Å²) in [5, 5.41) is 4.90. The second kappa shape index (κ2) is 4.19. The molecular weight excluding hydrogens is 208 g/mol. The fourth-order valence-corrected chi connectivity index (χ4v) is 2.08. The first-order valence-corrected chi connectivity index (χ1v) is 6.20. The van der Waals surface area contributed by atoms with Crippen LogP contribution in [0.25, 0.3) is 10.9 Å². The number of aryl methyl sites for hydroxylation is 2. The lowest BCUT2D eigenvalue weighted by Crippen LogP contribution is -2.35. The summed E-state index contributed by atoms with van der Waals surface area (Å²) >= 11 is 0. The summed E-state index contributed by atoms with van der Waals surface area (Å²) in [6.07, 6.45) is 0. The molecule has 1 heterocycles. The molecule has 0 spiro atoms. The van der Waals surface area contributed by atoms with Crippen LogP contribution in [0.5, 0.6) is 0 Å². The molecule has 1 aromatic heterocycles. The number of hydrogen-bond acceptors (Lipinski definition) is 1. The van der Waals surface area contributed by atoms with Gasteiger partial charge in [-0.1, -0.05) is 11.6 Å². The Morgan fingerprint density at radius 1 is 1.18 bits per heavy atom. The lowest BCUT2D eigenvalue weighted by molar-refractivity contribution is 0.424. The molecule has 0 amide bonds. The smallest absolute Gasteiger partial charge is 0.0459 e. The van der Waals surface area contributed by atoms with Crippen LogP contribution in [0.4, 0.5) is 0 Å². The van der Waals surface area contributed by atoms with Crippen molar-refractivity contribution in [3.63, 3.8) is 0 Å². The number of fused-ring (bicyclic) bond motifs is 1. The third-order valence-corrected chi connectivity index (χ3v) is 3.07. The van der Waals surface area contributed by atoms with Gasteiger partial charge in [-0.2, -0.15) is 0 Å². The zero-order valence-corrected chi connectivity index (χ0v) is 11.4. The van der Waals surface area contributed by atoms with Crippen molar-refractivity contribution in [3.8, 4) is 0 Å². The third kappa shape index (κ3) is 2.70. The molecule has 0 unspecified atom stereocenters. The highest BCUT2D eigenvalue weighted by molar-refractivity contribution is 5.85. The molecule has 0 atom stereocenters. The number of H-pyrrole nitrogens is 1. The molecule has 0 saturated carbocycles. The first-order chi connectivity index (χ1) is 7.87. The second-order valence-corrected chi connectivity index (χ2v) is 5.88. The number of aromatic nitrogens is 1. The van der Waals surface area contributed by atoms with E-state index < -0.39 is 0 Å². The molecule has 2 nitrogen and oxygen atoms in total. The molecule has 92 valence electrons. The summed E-state index contributed by atoms with van der Waals surface area (Å²) in [7, 11) is 0. The van der Waals surface area contributed by atoms with E-state index in [4.69, 9.17) is 0 Å². The van der Waals surface area contributed by atoms with E-state index in [1.54, 1.807) is 0 Å². The van der Waals surface area contributed by atoms with Crippen LogP contribution in [0, 0.1) is 13.8 Å². The van der Waals surface area contributed by atoms with Crippen LogP contribution >= 0.6 is 0 Å². The van der Waals surface area contributed by atoms with Crippen molar-refractivity contribution in [1.82, 2.24) is 10.3 Å². The van der Waals surface area contributed by atoms with Crippen molar-refractivity contribution in [2.45, 2.75) is 46.7 Å². The van der Waals surface area contributed by atoms with Crippen LogP contribution in [-0.2, 0) is 6.54 Å². The molecule has 2 aromatic rings. The summed E-state index contributed by atoms with van der Waals surface area (Å²) in [5.74, 6) is 0. The molecule has 0 fully saturated rings. The van der Waals surface area contributed by atoms with Crippen LogP contribution in [0.1, 0.15) is 37.6 Å². The molecule has 0 aliphatic carbocycles. The van der Waals surface area contributed by atoms with E-state index in [1.165, 1.54) is 27.7 Å². The van der Waals surface area contributed by atoms with Crippen molar-refractivity contribution >= 4 is 10.9 Å². The molecule has 2 rings (SSSR count). The molecule has 0 bridgehead atoms. The average Bonchev–Trinajstić information content (AvgIpc) is 2.49. The van der Waals surface area contributed by atoms with E-state index >= 15 is 0 Å². The number of benzene rings is 1. The Labute approximate surface area is 103 Å². The minimum absolute atomic E-state index is 0.153. The Morgan fingerprint density at radius 3 is 2.53 bits per heavy atom. The van der Waals surface area contributed by atoms with Gasteiger partial charge in [0.15, 0.2) is 0 Å². The molecule has 1 aromatic carbocycles. The van der Waals surface area contributed by atoms with Gasteiger partial charge in [0, 0.05) is 28.7 Å². The van der Waals surface area contributed by atoms with Crippen molar-refractivity contribution in [2.75, 3.05) is 0 Å². The molecule has 2 N–H and O–H groups in total. The van der Waals surface area contributed by atoms with Gasteiger partial charge in [0.25, 0.3) is 0 Å². The number of nitrogens with one attached hydrogen (secondary N) is 2. The van der Waals surface area contributed by atoms with E-state index in [9.17, 15) is 0 Å². The van der Waals surface area contributed by atoms with Gasteiger partial charge in [0.2, 0.25) is 0 Å². The maximum Gasteiger partial charge on any atom is 0.0459 e. The van der Waals surface area contributed by atoms with Crippen LogP contribution in [0.3, 0.4) is 0 Å². The zero-order valence-electron chi connectivity index (χ0n) is 11.4. The topological polar surface area (TPSA) is 27.8 Å². The highest BCUT2D eigenvalue weighted by Gasteiger charge is 2.13. The minimum Gasteiger partial charge on any atom is -0.358 e. The molecule has 17 heavy (non-hydrogen) atoms. The van der Waals surface area contributed by atoms with Crippen molar-refractivity contribution in [1.29, 1.82) is 0 Å². The quantitative estimate of drug-likeness (QED) is 0.809. The molecule has 0 radical (unpaired) electrons. The van der Waals surface area contributed by atoms with Crippen molar-refractivity contribution < 1.29 is 0 Å². The SMILES string of the molecule is Cc1ccc2[nH]c(C)c(CNC(C)(C)C)c2c1. The minimum atomic E-state index is 0.153. The Balaban J connectivity index is 2.38. The average molecular weight is 230 g/mol. The lowest BCUT2D eigenvalue weighted by atomic mass is 10.1. The molecule has 0 saturated heterocycles. The Hall–Kier alpha value is -1.28. The first kappa shape index (κ1) is 12.2. The van der Waals surface area contributed by atoms with Crippen LogP contribution in [0.15, 0.2) is 18.2 Å². The Kier molecular flexibility index (Phi) is 3.00. The zero-order chi connectivity index (χ0) is 12.6. The monoisotopic (exact) mass is 230 g/mol. The second-order valence-electron chi connectivity index (χ2n) is 5.88. The van der Waals surface area contributed by atoms with Gasteiger partial charge in [-0.3, -0.25) is 0 Å². The van der Waals surface area contributed by atoms with E-state index in [1.807, 2.05) is 0 Å². The van der Waals surface area contributed by atoms with Crippen LogP contribution in [-0.4, -0.2) is 10.5 Å². The largest absolute Gasteiger partial charge is 0.358 e. The maximum atomic E-state index is 3.56. The Morgan fingerprint density at radius 2 is 1.88 bits per heavy atom. The van der Waals surface area contributed by atoms with Gasteiger partial charge in [-0.05, 0) is 52.3 Å². The molecule has 0 aliphatic heterocycles. The Bertz CT molecular complexity index is 530. The molecule has 0 aliphatic rings. The van der Waals surface area contributed by atoms with Gasteiger partial charge in [-0.25, -0.2) is 0 Å². The third-order valence-electron chi connectivity index (χ3n) is 3.07. The van der Waals surface area contributed by atoms with E-state index in [2.05, 4.69) is 63.1 Å². The van der Waals surface area contributed by atoms with E-state index in [0.717, 1.165) is 6.54 Å². The highest BCUT2D eigenvalue weighted by atomic mass is 14.9.